The van der Waals surface area contributed by atoms with Gasteiger partial charge in [0.1, 0.15) is 0 Å². The first-order valence-corrected chi connectivity index (χ1v) is 14.1. The first-order chi connectivity index (χ1) is 16.2. The molecule has 33 heavy (non-hydrogen) atoms. The van der Waals surface area contributed by atoms with Gasteiger partial charge in [0, 0.05) is 0 Å². The van der Waals surface area contributed by atoms with Crippen LogP contribution in [0.25, 0.3) is 0 Å². The van der Waals surface area contributed by atoms with Crippen molar-refractivity contribution in [2.75, 3.05) is 13.2 Å². The molecular formula is C29H28IO2S-. The molecule has 0 heterocycles. The van der Waals surface area contributed by atoms with Crippen molar-refractivity contribution in [3.63, 3.8) is 0 Å². The summed E-state index contributed by atoms with van der Waals surface area (Å²) in [5.74, 6) is -0.914. The molecule has 4 heteroatoms. The molecule has 2 nitrogen and oxygen atoms in total. The van der Waals surface area contributed by atoms with Gasteiger partial charge in [-0.2, -0.15) is 0 Å². The normalized spacial score (nSPS) is 11.6. The van der Waals surface area contributed by atoms with Crippen LogP contribution < -0.4 is 21.2 Å². The Kier molecular flexibility index (Phi) is 8.62. The van der Waals surface area contributed by atoms with Crippen LogP contribution >= 0.6 is 11.8 Å². The number of benzene rings is 4. The van der Waals surface area contributed by atoms with E-state index in [4.69, 9.17) is 9.47 Å². The van der Waals surface area contributed by atoms with Crippen molar-refractivity contribution in [3.05, 3.63) is 127 Å². The number of rotatable bonds is 10. The van der Waals surface area contributed by atoms with Crippen LogP contribution in [0.2, 0.25) is 0 Å². The first-order valence-electron chi connectivity index (χ1n) is 11.2. The molecule has 170 valence electrons. The summed E-state index contributed by atoms with van der Waals surface area (Å²) in [5, 5.41) is 0. The SMILES string of the molecule is CCOC(OCC)(c1ccc(Sc2ccccc2)cc1)c1ccc([I-]c2ccccc2)cc1. The molecule has 0 radical (unpaired) electrons. The van der Waals surface area contributed by atoms with Gasteiger partial charge in [0.05, 0.1) is 0 Å². The van der Waals surface area contributed by atoms with Crippen molar-refractivity contribution in [2.45, 2.75) is 29.4 Å². The fraction of sp³-hybridized carbons (Fsp3) is 0.172. The standard InChI is InChI=1S/C29H28IO2S/c1-3-31-29(32-4-2,23-15-19-26(20-16-23)30-25-11-7-5-8-12-25)24-17-21-28(22-18-24)33-27-13-9-6-10-14-27/h5-22H,3-4H2,1-2H3/q-1. The van der Waals surface area contributed by atoms with Crippen LogP contribution in [-0.4, -0.2) is 13.2 Å². The number of halogens is 1. The van der Waals surface area contributed by atoms with Crippen LogP contribution in [0.4, 0.5) is 0 Å². The van der Waals surface area contributed by atoms with E-state index in [2.05, 4.69) is 103 Å². The molecule has 0 aliphatic carbocycles. The van der Waals surface area contributed by atoms with Crippen molar-refractivity contribution in [2.24, 2.45) is 0 Å². The number of hydrogen-bond donors (Lipinski definition) is 0. The molecule has 4 rings (SSSR count). The average Bonchev–Trinajstić information content (AvgIpc) is 2.86. The summed E-state index contributed by atoms with van der Waals surface area (Å²) in [6.07, 6.45) is 0. The third-order valence-corrected chi connectivity index (χ3v) is 8.78. The van der Waals surface area contributed by atoms with E-state index in [1.165, 1.54) is 16.9 Å². The Hall–Kier alpha value is -2.12. The van der Waals surface area contributed by atoms with E-state index in [9.17, 15) is 0 Å². The van der Waals surface area contributed by atoms with E-state index in [1.807, 2.05) is 19.9 Å². The molecule has 0 amide bonds. The second kappa shape index (κ2) is 11.8. The molecule has 0 aromatic heterocycles. The first kappa shape index (κ1) is 24.0. The van der Waals surface area contributed by atoms with Crippen molar-refractivity contribution in [1.82, 2.24) is 0 Å². The molecule has 0 atom stereocenters. The Morgan fingerprint density at radius 2 is 1.03 bits per heavy atom. The predicted octanol–water partition coefficient (Wildman–Crippen LogP) is 4.24. The Balaban J connectivity index is 1.61. The van der Waals surface area contributed by atoms with Crippen molar-refractivity contribution in [3.8, 4) is 0 Å². The third-order valence-electron chi connectivity index (χ3n) is 5.08. The fourth-order valence-corrected chi connectivity index (χ4v) is 6.70. The van der Waals surface area contributed by atoms with Gasteiger partial charge in [-0.05, 0) is 0 Å². The van der Waals surface area contributed by atoms with Gasteiger partial charge in [0.15, 0.2) is 0 Å². The van der Waals surface area contributed by atoms with Crippen molar-refractivity contribution >= 4 is 11.8 Å². The summed E-state index contributed by atoms with van der Waals surface area (Å²) in [4.78, 5) is 2.42. The Labute approximate surface area is 211 Å². The second-order valence-electron chi connectivity index (χ2n) is 7.32. The molecular weight excluding hydrogens is 539 g/mol. The summed E-state index contributed by atoms with van der Waals surface area (Å²) in [6.45, 7) is 5.14. The third kappa shape index (κ3) is 6.07. The Bertz CT molecular complexity index is 1020. The summed E-state index contributed by atoms with van der Waals surface area (Å²) < 4.78 is 15.5. The van der Waals surface area contributed by atoms with Gasteiger partial charge in [-0.3, -0.25) is 0 Å². The Morgan fingerprint density at radius 3 is 1.58 bits per heavy atom. The topological polar surface area (TPSA) is 18.5 Å². The van der Waals surface area contributed by atoms with Crippen LogP contribution in [0.1, 0.15) is 25.0 Å². The minimum absolute atomic E-state index is 0.206. The van der Waals surface area contributed by atoms with Crippen LogP contribution in [0.5, 0.6) is 0 Å². The molecule has 0 unspecified atom stereocenters. The van der Waals surface area contributed by atoms with E-state index in [-0.39, 0.29) is 21.2 Å². The van der Waals surface area contributed by atoms with Crippen LogP contribution in [-0.2, 0) is 15.3 Å². The fourth-order valence-electron chi connectivity index (χ4n) is 3.65. The number of hydrogen-bond acceptors (Lipinski definition) is 3. The molecule has 0 aliphatic heterocycles. The van der Waals surface area contributed by atoms with Gasteiger partial charge in [-0.25, -0.2) is 0 Å². The predicted molar refractivity (Wildman–Crippen MR) is 131 cm³/mol. The van der Waals surface area contributed by atoms with Crippen LogP contribution in [0, 0.1) is 7.14 Å². The van der Waals surface area contributed by atoms with Gasteiger partial charge in [0.2, 0.25) is 0 Å². The molecule has 0 saturated heterocycles. The molecule has 0 spiro atoms. The average molecular weight is 568 g/mol. The monoisotopic (exact) mass is 567 g/mol. The molecule has 4 aromatic carbocycles. The van der Waals surface area contributed by atoms with Gasteiger partial charge in [-0.1, -0.05) is 18.2 Å². The van der Waals surface area contributed by atoms with E-state index in [1.54, 1.807) is 11.8 Å². The van der Waals surface area contributed by atoms with Gasteiger partial charge >= 0.3 is 194 Å². The maximum atomic E-state index is 6.34. The molecule has 0 bridgehead atoms. The van der Waals surface area contributed by atoms with E-state index >= 15 is 0 Å². The van der Waals surface area contributed by atoms with Crippen molar-refractivity contribution in [1.29, 1.82) is 0 Å². The Morgan fingerprint density at radius 1 is 0.576 bits per heavy atom. The molecule has 4 aromatic rings. The van der Waals surface area contributed by atoms with Gasteiger partial charge in [0.25, 0.3) is 0 Å². The second-order valence-corrected chi connectivity index (χ2v) is 11.5. The van der Waals surface area contributed by atoms with Crippen LogP contribution in [0.3, 0.4) is 0 Å². The maximum absolute atomic E-state index is 6.34. The molecule has 0 aliphatic rings. The zero-order valence-corrected chi connectivity index (χ0v) is 21.9. The summed E-state index contributed by atoms with van der Waals surface area (Å²) in [6, 6.07) is 38.5. The number of ether oxygens (including phenoxy) is 2. The zero-order chi connectivity index (χ0) is 22.9. The zero-order valence-electron chi connectivity index (χ0n) is 18.9. The van der Waals surface area contributed by atoms with Gasteiger partial charge in [-0.15, -0.1) is 0 Å². The van der Waals surface area contributed by atoms with Crippen molar-refractivity contribution < 1.29 is 30.7 Å². The molecule has 0 N–H and O–H groups in total. The van der Waals surface area contributed by atoms with E-state index in [0.717, 1.165) is 11.1 Å². The minimum atomic E-state index is -0.914. The summed E-state index contributed by atoms with van der Waals surface area (Å²) >= 11 is 1.55. The van der Waals surface area contributed by atoms with E-state index < -0.39 is 5.79 Å². The molecule has 0 saturated carbocycles. The van der Waals surface area contributed by atoms with E-state index in [0.29, 0.717) is 13.2 Å². The summed E-state index contributed by atoms with van der Waals surface area (Å²) in [5.41, 5.74) is 2.03. The quantitative estimate of drug-likeness (QED) is 0.211. The van der Waals surface area contributed by atoms with Gasteiger partial charge < -0.3 is 0 Å². The van der Waals surface area contributed by atoms with Crippen LogP contribution in [0.15, 0.2) is 119 Å². The molecule has 0 fully saturated rings. The summed E-state index contributed by atoms with van der Waals surface area (Å²) in [7, 11) is 0.